The maximum atomic E-state index is 11.1. The normalized spacial score (nSPS) is 15.4. The third-order valence-electron chi connectivity index (χ3n) is 3.11. The van der Waals surface area contributed by atoms with Crippen LogP contribution < -0.4 is 10.5 Å². The van der Waals surface area contributed by atoms with E-state index in [2.05, 4.69) is 17.0 Å². The first kappa shape index (κ1) is 16.6. The Morgan fingerprint density at radius 2 is 1.80 bits per heavy atom. The van der Waals surface area contributed by atoms with Gasteiger partial charge in [-0.3, -0.25) is 9.69 Å². The molecular formula is C15H24N2O3. The molecule has 1 heterocycles. The summed E-state index contributed by atoms with van der Waals surface area (Å²) in [5.74, 6) is 1.28. The third kappa shape index (κ3) is 6.14. The molecule has 1 fully saturated rings. The standard InChI is InChI=1S/C13H17NO2.C2H7NO/c1-16-13-4-2-11(3-5-13)10-14-8-6-12(15)7-9-14;3-1-2-4/h2-5H,6-10H2,1H3;4H,1-3H2. The number of likely N-dealkylation sites (tertiary alicyclic amines) is 1. The van der Waals surface area contributed by atoms with Crippen molar-refractivity contribution in [1.82, 2.24) is 4.90 Å². The highest BCUT2D eigenvalue weighted by molar-refractivity contribution is 5.79. The molecular weight excluding hydrogens is 256 g/mol. The van der Waals surface area contributed by atoms with E-state index < -0.39 is 0 Å². The number of benzene rings is 1. The summed E-state index contributed by atoms with van der Waals surface area (Å²) in [6.45, 7) is 3.19. The first-order valence-corrected chi connectivity index (χ1v) is 6.87. The maximum Gasteiger partial charge on any atom is 0.135 e. The minimum absolute atomic E-state index is 0.0972. The number of hydrogen-bond acceptors (Lipinski definition) is 5. The van der Waals surface area contributed by atoms with Crippen molar-refractivity contribution in [3.8, 4) is 5.75 Å². The summed E-state index contributed by atoms with van der Waals surface area (Å²) in [7, 11) is 1.67. The van der Waals surface area contributed by atoms with Crippen LogP contribution in [0, 0.1) is 0 Å². The van der Waals surface area contributed by atoms with E-state index >= 15 is 0 Å². The molecule has 1 aliphatic heterocycles. The van der Waals surface area contributed by atoms with Crippen molar-refractivity contribution in [3.63, 3.8) is 0 Å². The monoisotopic (exact) mass is 280 g/mol. The molecule has 0 amide bonds. The molecule has 0 saturated carbocycles. The fraction of sp³-hybridized carbons (Fsp3) is 0.533. The highest BCUT2D eigenvalue weighted by Crippen LogP contribution is 2.15. The average molecular weight is 280 g/mol. The molecule has 5 nitrogen and oxygen atoms in total. The van der Waals surface area contributed by atoms with E-state index in [1.165, 1.54) is 5.56 Å². The van der Waals surface area contributed by atoms with Crippen molar-refractivity contribution < 1.29 is 14.6 Å². The van der Waals surface area contributed by atoms with Gasteiger partial charge in [-0.1, -0.05) is 12.1 Å². The Hall–Kier alpha value is -1.43. The van der Waals surface area contributed by atoms with Gasteiger partial charge in [0.2, 0.25) is 0 Å². The topological polar surface area (TPSA) is 75.8 Å². The van der Waals surface area contributed by atoms with E-state index in [-0.39, 0.29) is 6.61 Å². The van der Waals surface area contributed by atoms with Crippen LogP contribution in [0.2, 0.25) is 0 Å². The van der Waals surface area contributed by atoms with Crippen molar-refractivity contribution in [1.29, 1.82) is 0 Å². The average Bonchev–Trinajstić information content (AvgIpc) is 2.50. The zero-order chi connectivity index (χ0) is 14.8. The van der Waals surface area contributed by atoms with Gasteiger partial charge in [0.25, 0.3) is 0 Å². The number of aliphatic hydroxyl groups is 1. The van der Waals surface area contributed by atoms with Gasteiger partial charge < -0.3 is 15.6 Å². The first-order chi connectivity index (χ1) is 9.69. The number of methoxy groups -OCH3 is 1. The van der Waals surface area contributed by atoms with E-state index in [4.69, 9.17) is 15.6 Å². The summed E-state index contributed by atoms with van der Waals surface area (Å²) in [4.78, 5) is 13.4. The Labute approximate surface area is 120 Å². The molecule has 5 heteroatoms. The second-order valence-corrected chi connectivity index (χ2v) is 4.68. The van der Waals surface area contributed by atoms with Gasteiger partial charge in [-0.2, -0.15) is 0 Å². The molecule has 20 heavy (non-hydrogen) atoms. The van der Waals surface area contributed by atoms with Crippen LogP contribution in [-0.4, -0.2) is 49.1 Å². The lowest BCUT2D eigenvalue weighted by molar-refractivity contribution is -0.121. The van der Waals surface area contributed by atoms with Crippen molar-refractivity contribution in [2.75, 3.05) is 33.4 Å². The Kier molecular flexibility index (Phi) is 7.87. The summed E-state index contributed by atoms with van der Waals surface area (Å²) >= 11 is 0. The molecule has 0 bridgehead atoms. The van der Waals surface area contributed by atoms with Crippen LogP contribution in [-0.2, 0) is 11.3 Å². The van der Waals surface area contributed by atoms with Crippen LogP contribution in [0.4, 0.5) is 0 Å². The van der Waals surface area contributed by atoms with Gasteiger partial charge in [-0.25, -0.2) is 0 Å². The summed E-state index contributed by atoms with van der Waals surface area (Å²) in [5, 5.41) is 7.75. The van der Waals surface area contributed by atoms with Crippen LogP contribution in [0.25, 0.3) is 0 Å². The lowest BCUT2D eigenvalue weighted by Gasteiger charge is -2.25. The summed E-state index contributed by atoms with van der Waals surface area (Å²) in [6.07, 6.45) is 1.41. The van der Waals surface area contributed by atoms with Gasteiger partial charge >= 0.3 is 0 Å². The Morgan fingerprint density at radius 3 is 2.25 bits per heavy atom. The second-order valence-electron chi connectivity index (χ2n) is 4.68. The molecule has 0 aliphatic carbocycles. The fourth-order valence-electron chi connectivity index (χ4n) is 1.95. The Morgan fingerprint density at radius 1 is 1.25 bits per heavy atom. The van der Waals surface area contributed by atoms with Crippen molar-refractivity contribution in [2.45, 2.75) is 19.4 Å². The number of hydrogen-bond donors (Lipinski definition) is 2. The number of ketones is 1. The minimum Gasteiger partial charge on any atom is -0.497 e. The number of piperidine rings is 1. The number of ether oxygens (including phenoxy) is 1. The number of carbonyl (C=O) groups is 1. The lowest BCUT2D eigenvalue weighted by Crippen LogP contribution is -2.33. The molecule has 2 rings (SSSR count). The molecule has 0 spiro atoms. The quantitative estimate of drug-likeness (QED) is 0.853. The van der Waals surface area contributed by atoms with Gasteiger partial charge in [0.05, 0.1) is 13.7 Å². The van der Waals surface area contributed by atoms with Crippen LogP contribution in [0.15, 0.2) is 24.3 Å². The van der Waals surface area contributed by atoms with Gasteiger partial charge in [0, 0.05) is 39.0 Å². The van der Waals surface area contributed by atoms with Crippen molar-refractivity contribution in [2.24, 2.45) is 5.73 Å². The van der Waals surface area contributed by atoms with Gasteiger partial charge in [-0.05, 0) is 17.7 Å². The molecule has 1 saturated heterocycles. The van der Waals surface area contributed by atoms with Crippen LogP contribution in [0.1, 0.15) is 18.4 Å². The molecule has 0 radical (unpaired) electrons. The van der Waals surface area contributed by atoms with Crippen LogP contribution in [0.5, 0.6) is 5.75 Å². The van der Waals surface area contributed by atoms with E-state index in [1.807, 2.05) is 12.1 Å². The predicted octanol–water partition coefficient (Wildman–Crippen LogP) is 0.798. The van der Waals surface area contributed by atoms with Crippen molar-refractivity contribution in [3.05, 3.63) is 29.8 Å². The minimum atomic E-state index is 0.0972. The van der Waals surface area contributed by atoms with Gasteiger partial charge in [-0.15, -0.1) is 0 Å². The van der Waals surface area contributed by atoms with Crippen molar-refractivity contribution >= 4 is 5.78 Å². The third-order valence-corrected chi connectivity index (χ3v) is 3.11. The number of aliphatic hydroxyl groups excluding tert-OH is 1. The van der Waals surface area contributed by atoms with Gasteiger partial charge in [0.15, 0.2) is 0 Å². The maximum absolute atomic E-state index is 11.1. The lowest BCUT2D eigenvalue weighted by atomic mass is 10.1. The molecule has 0 aromatic heterocycles. The molecule has 0 unspecified atom stereocenters. The van der Waals surface area contributed by atoms with Crippen LogP contribution in [0.3, 0.4) is 0 Å². The number of Topliss-reactive ketones (excluding diaryl/α,β-unsaturated/α-hetero) is 1. The molecule has 112 valence electrons. The fourth-order valence-corrected chi connectivity index (χ4v) is 1.95. The Balaban J connectivity index is 0.000000444. The zero-order valence-electron chi connectivity index (χ0n) is 12.0. The second kappa shape index (κ2) is 9.47. The number of nitrogens with zero attached hydrogens (tertiary/aromatic N) is 1. The SMILES string of the molecule is COc1ccc(CN2CCC(=O)CC2)cc1.NCCO. The summed E-state index contributed by atoms with van der Waals surface area (Å²) in [6, 6.07) is 8.11. The largest absolute Gasteiger partial charge is 0.497 e. The molecule has 1 aromatic carbocycles. The number of rotatable bonds is 4. The number of carbonyl (C=O) groups excluding carboxylic acids is 1. The highest BCUT2D eigenvalue weighted by atomic mass is 16.5. The molecule has 3 N–H and O–H groups in total. The summed E-state index contributed by atoms with van der Waals surface area (Å²) < 4.78 is 5.11. The van der Waals surface area contributed by atoms with E-state index in [0.29, 0.717) is 25.2 Å². The zero-order valence-corrected chi connectivity index (χ0v) is 12.0. The molecule has 0 atom stereocenters. The first-order valence-electron chi connectivity index (χ1n) is 6.87. The highest BCUT2D eigenvalue weighted by Gasteiger charge is 2.15. The smallest absolute Gasteiger partial charge is 0.135 e. The van der Waals surface area contributed by atoms with Gasteiger partial charge in [0.1, 0.15) is 11.5 Å². The van der Waals surface area contributed by atoms with Crippen LogP contribution >= 0.6 is 0 Å². The van der Waals surface area contributed by atoms with E-state index in [0.717, 1.165) is 25.4 Å². The molecule has 1 aromatic rings. The predicted molar refractivity (Wildman–Crippen MR) is 78.7 cm³/mol. The van der Waals surface area contributed by atoms with E-state index in [1.54, 1.807) is 7.11 Å². The van der Waals surface area contributed by atoms with E-state index in [9.17, 15) is 4.79 Å². The molecule has 1 aliphatic rings. The summed E-state index contributed by atoms with van der Waals surface area (Å²) in [5.41, 5.74) is 6.05. The Bertz CT molecular complexity index is 381. The number of nitrogens with two attached hydrogens (primary N) is 1.